The SMILES string of the molecule is CC(C)N1CC2(CCN(Cc3ccc(F)cc3F)C2)COCC1=O. The lowest BCUT2D eigenvalue weighted by atomic mass is 9.87. The van der Waals surface area contributed by atoms with Crippen molar-refractivity contribution < 1.29 is 18.3 Å². The molecule has 0 bridgehead atoms. The summed E-state index contributed by atoms with van der Waals surface area (Å²) in [5, 5.41) is 0. The molecule has 2 heterocycles. The van der Waals surface area contributed by atoms with Crippen LogP contribution in [0, 0.1) is 17.0 Å². The Bertz CT molecular complexity index is 623. The second-order valence-corrected chi connectivity index (χ2v) is 7.30. The Balaban J connectivity index is 1.70. The number of hydrogen-bond donors (Lipinski definition) is 0. The fourth-order valence-electron chi connectivity index (χ4n) is 3.70. The summed E-state index contributed by atoms with van der Waals surface area (Å²) in [6.45, 7) is 7.39. The van der Waals surface area contributed by atoms with Crippen LogP contribution in [0.15, 0.2) is 18.2 Å². The molecular formula is C18H24F2N2O2. The maximum absolute atomic E-state index is 13.9. The van der Waals surface area contributed by atoms with Crippen LogP contribution in [0.3, 0.4) is 0 Å². The smallest absolute Gasteiger partial charge is 0.248 e. The van der Waals surface area contributed by atoms with Crippen molar-refractivity contribution in [3.05, 3.63) is 35.4 Å². The van der Waals surface area contributed by atoms with Gasteiger partial charge in [-0.15, -0.1) is 0 Å². The molecule has 2 fully saturated rings. The quantitative estimate of drug-likeness (QED) is 0.849. The van der Waals surface area contributed by atoms with Gasteiger partial charge in [-0.1, -0.05) is 6.07 Å². The second-order valence-electron chi connectivity index (χ2n) is 7.30. The number of benzene rings is 1. The van der Waals surface area contributed by atoms with Gasteiger partial charge in [0, 0.05) is 42.7 Å². The average Bonchev–Trinajstić information content (AvgIpc) is 2.82. The summed E-state index contributed by atoms with van der Waals surface area (Å²) in [5.41, 5.74) is 0.396. The van der Waals surface area contributed by atoms with Crippen molar-refractivity contribution in [2.45, 2.75) is 32.9 Å². The van der Waals surface area contributed by atoms with Gasteiger partial charge in [-0.05, 0) is 32.9 Å². The van der Waals surface area contributed by atoms with E-state index < -0.39 is 11.6 Å². The van der Waals surface area contributed by atoms with E-state index in [0.717, 1.165) is 25.6 Å². The first-order valence-corrected chi connectivity index (χ1v) is 8.42. The van der Waals surface area contributed by atoms with Gasteiger partial charge < -0.3 is 9.64 Å². The normalized spacial score (nSPS) is 25.7. The van der Waals surface area contributed by atoms with Crippen LogP contribution in [0.5, 0.6) is 0 Å². The molecule has 1 aromatic rings. The molecule has 1 spiro atoms. The molecule has 3 rings (SSSR count). The molecule has 0 aromatic heterocycles. The largest absolute Gasteiger partial charge is 0.371 e. The van der Waals surface area contributed by atoms with Crippen LogP contribution < -0.4 is 0 Å². The first kappa shape index (κ1) is 17.3. The molecule has 0 N–H and O–H groups in total. The lowest BCUT2D eigenvalue weighted by Gasteiger charge is -2.34. The molecule has 1 amide bonds. The number of ether oxygens (including phenoxy) is 1. The Labute approximate surface area is 141 Å². The number of likely N-dealkylation sites (tertiary alicyclic amines) is 1. The first-order valence-electron chi connectivity index (χ1n) is 8.42. The minimum atomic E-state index is -0.558. The summed E-state index contributed by atoms with van der Waals surface area (Å²) >= 11 is 0. The third kappa shape index (κ3) is 3.59. The molecule has 2 aliphatic rings. The highest BCUT2D eigenvalue weighted by molar-refractivity contribution is 5.78. The minimum absolute atomic E-state index is 0.0323. The molecule has 2 aliphatic heterocycles. The molecule has 0 saturated carbocycles. The number of amides is 1. The zero-order valence-electron chi connectivity index (χ0n) is 14.2. The van der Waals surface area contributed by atoms with E-state index in [0.29, 0.717) is 25.3 Å². The van der Waals surface area contributed by atoms with Crippen molar-refractivity contribution in [1.29, 1.82) is 0 Å². The van der Waals surface area contributed by atoms with Crippen LogP contribution in [0.4, 0.5) is 8.78 Å². The maximum Gasteiger partial charge on any atom is 0.248 e. The lowest BCUT2D eigenvalue weighted by Crippen LogP contribution is -2.45. The lowest BCUT2D eigenvalue weighted by molar-refractivity contribution is -0.135. The second kappa shape index (κ2) is 6.76. The zero-order valence-corrected chi connectivity index (χ0v) is 14.2. The maximum atomic E-state index is 13.9. The minimum Gasteiger partial charge on any atom is -0.371 e. The number of carbonyl (C=O) groups is 1. The molecular weight excluding hydrogens is 314 g/mol. The summed E-state index contributed by atoms with van der Waals surface area (Å²) in [6.07, 6.45) is 0.909. The number of rotatable bonds is 3. The molecule has 4 nitrogen and oxygen atoms in total. The number of nitrogens with zero attached hydrogens (tertiary/aromatic N) is 2. The Morgan fingerprint density at radius 1 is 1.29 bits per heavy atom. The molecule has 1 atom stereocenters. The fraction of sp³-hybridized carbons (Fsp3) is 0.611. The average molecular weight is 338 g/mol. The summed E-state index contributed by atoms with van der Waals surface area (Å²) < 4.78 is 32.5. The van der Waals surface area contributed by atoms with Crippen molar-refractivity contribution in [2.24, 2.45) is 5.41 Å². The summed E-state index contributed by atoms with van der Waals surface area (Å²) in [6, 6.07) is 3.86. The molecule has 6 heteroatoms. The Hall–Kier alpha value is -1.53. The molecule has 24 heavy (non-hydrogen) atoms. The summed E-state index contributed by atoms with van der Waals surface area (Å²) in [5.74, 6) is -1.03. The topological polar surface area (TPSA) is 32.8 Å². The predicted molar refractivity (Wildman–Crippen MR) is 86.4 cm³/mol. The highest BCUT2D eigenvalue weighted by Gasteiger charge is 2.43. The van der Waals surface area contributed by atoms with E-state index >= 15 is 0 Å². The molecule has 132 valence electrons. The van der Waals surface area contributed by atoms with Gasteiger partial charge in [-0.2, -0.15) is 0 Å². The van der Waals surface area contributed by atoms with Crippen LogP contribution in [0.2, 0.25) is 0 Å². The third-order valence-corrected chi connectivity index (χ3v) is 5.01. The Morgan fingerprint density at radius 2 is 2.08 bits per heavy atom. The van der Waals surface area contributed by atoms with Crippen LogP contribution >= 0.6 is 0 Å². The van der Waals surface area contributed by atoms with E-state index in [-0.39, 0.29) is 24.0 Å². The van der Waals surface area contributed by atoms with Crippen molar-refractivity contribution in [1.82, 2.24) is 9.80 Å². The molecule has 2 saturated heterocycles. The molecule has 1 aromatic carbocycles. The van der Waals surface area contributed by atoms with Crippen molar-refractivity contribution in [3.8, 4) is 0 Å². The van der Waals surface area contributed by atoms with Gasteiger partial charge in [0.25, 0.3) is 0 Å². The zero-order chi connectivity index (χ0) is 17.3. The van der Waals surface area contributed by atoms with Crippen LogP contribution in [0.1, 0.15) is 25.8 Å². The van der Waals surface area contributed by atoms with Gasteiger partial charge >= 0.3 is 0 Å². The molecule has 0 radical (unpaired) electrons. The van der Waals surface area contributed by atoms with E-state index in [1.165, 1.54) is 12.1 Å². The predicted octanol–water partition coefficient (Wildman–Crippen LogP) is 2.42. The van der Waals surface area contributed by atoms with E-state index in [1.807, 2.05) is 18.7 Å². The van der Waals surface area contributed by atoms with Gasteiger partial charge in [0.05, 0.1) is 6.61 Å². The van der Waals surface area contributed by atoms with Gasteiger partial charge in [0.15, 0.2) is 0 Å². The highest BCUT2D eigenvalue weighted by Crippen LogP contribution is 2.35. The summed E-state index contributed by atoms with van der Waals surface area (Å²) in [7, 11) is 0. The summed E-state index contributed by atoms with van der Waals surface area (Å²) in [4.78, 5) is 16.2. The standard InChI is InChI=1S/C18H24F2N2O2/c1-13(2)22-11-18(12-24-9-17(22)23)5-6-21(10-18)8-14-3-4-15(19)7-16(14)20/h3-4,7,13H,5-6,8-12H2,1-2H3. The monoisotopic (exact) mass is 338 g/mol. The van der Waals surface area contributed by atoms with Gasteiger partial charge in [0.2, 0.25) is 5.91 Å². The third-order valence-electron chi connectivity index (χ3n) is 5.01. The fourth-order valence-corrected chi connectivity index (χ4v) is 3.70. The van der Waals surface area contributed by atoms with Gasteiger partial charge in [-0.25, -0.2) is 8.78 Å². The molecule has 0 aliphatic carbocycles. The van der Waals surface area contributed by atoms with Gasteiger partial charge in [0.1, 0.15) is 18.2 Å². The Kier molecular flexibility index (Phi) is 4.88. The Morgan fingerprint density at radius 3 is 2.79 bits per heavy atom. The number of hydrogen-bond acceptors (Lipinski definition) is 3. The number of halogens is 2. The van der Waals surface area contributed by atoms with E-state index in [2.05, 4.69) is 4.90 Å². The van der Waals surface area contributed by atoms with Crippen molar-refractivity contribution in [3.63, 3.8) is 0 Å². The van der Waals surface area contributed by atoms with E-state index in [1.54, 1.807) is 0 Å². The van der Waals surface area contributed by atoms with E-state index in [9.17, 15) is 13.6 Å². The first-order chi connectivity index (χ1) is 11.4. The van der Waals surface area contributed by atoms with Crippen molar-refractivity contribution in [2.75, 3.05) is 32.8 Å². The van der Waals surface area contributed by atoms with Crippen molar-refractivity contribution >= 4 is 5.91 Å². The van der Waals surface area contributed by atoms with E-state index in [4.69, 9.17) is 4.74 Å². The van der Waals surface area contributed by atoms with Crippen LogP contribution in [0.25, 0.3) is 0 Å². The van der Waals surface area contributed by atoms with Crippen LogP contribution in [-0.2, 0) is 16.1 Å². The van der Waals surface area contributed by atoms with Crippen LogP contribution in [-0.4, -0.2) is 54.6 Å². The van der Waals surface area contributed by atoms with Gasteiger partial charge in [-0.3, -0.25) is 9.69 Å². The molecule has 1 unspecified atom stereocenters. The highest BCUT2D eigenvalue weighted by atomic mass is 19.1. The number of carbonyl (C=O) groups excluding carboxylic acids is 1.